The van der Waals surface area contributed by atoms with E-state index >= 15 is 0 Å². The summed E-state index contributed by atoms with van der Waals surface area (Å²) in [6.45, 7) is 0. The van der Waals surface area contributed by atoms with Gasteiger partial charge in [-0.25, -0.2) is 4.79 Å². The minimum absolute atomic E-state index is 0.0130. The molecule has 3 rings (SSSR count). The van der Waals surface area contributed by atoms with Crippen LogP contribution in [0.1, 0.15) is 0 Å². The Kier molecular flexibility index (Phi) is 3.10. The fourth-order valence-electron chi connectivity index (χ4n) is 2.57. The summed E-state index contributed by atoms with van der Waals surface area (Å²) >= 11 is 0. The maximum Gasteiger partial charge on any atom is 0.332 e. The van der Waals surface area contributed by atoms with Gasteiger partial charge in [-0.3, -0.25) is 23.3 Å². The molecular weight excluding hydrogens is 300 g/mol. The molecule has 0 aliphatic carbocycles. The van der Waals surface area contributed by atoms with E-state index < -0.39 is 28.2 Å². The van der Waals surface area contributed by atoms with E-state index in [-0.39, 0.29) is 11.0 Å². The molecule has 0 bridgehead atoms. The molecule has 0 saturated carbocycles. The third-order valence-electron chi connectivity index (χ3n) is 3.79. The smallest absolute Gasteiger partial charge is 0.332 e. The fraction of sp³-hybridized carbons (Fsp3) is 0.133. The summed E-state index contributed by atoms with van der Waals surface area (Å²) in [7, 11) is 2.70. The number of aromatic nitrogens is 3. The molecule has 0 radical (unpaired) electrons. The number of fused-ring (bicyclic) bond motifs is 1. The average molecular weight is 314 g/mol. The number of benzene rings is 1. The Labute approximate surface area is 129 Å². The Bertz CT molecular complexity index is 1110. The Morgan fingerprint density at radius 3 is 2.17 bits per heavy atom. The van der Waals surface area contributed by atoms with E-state index in [1.165, 1.54) is 14.1 Å². The molecule has 8 heteroatoms. The molecule has 0 fully saturated rings. The molecule has 118 valence electrons. The maximum absolute atomic E-state index is 12.5. The molecule has 0 aliphatic rings. The van der Waals surface area contributed by atoms with Crippen LogP contribution in [0, 0.1) is 0 Å². The van der Waals surface area contributed by atoms with Crippen molar-refractivity contribution < 1.29 is 5.11 Å². The Morgan fingerprint density at radius 1 is 0.957 bits per heavy atom. The van der Waals surface area contributed by atoms with E-state index in [1.54, 1.807) is 30.3 Å². The van der Waals surface area contributed by atoms with Gasteiger partial charge in [0.25, 0.3) is 11.1 Å². The second kappa shape index (κ2) is 4.87. The predicted octanol–water partition coefficient (Wildman–Crippen LogP) is -0.324. The average Bonchev–Trinajstić information content (AvgIpc) is 2.56. The van der Waals surface area contributed by atoms with Crippen molar-refractivity contribution in [2.45, 2.75) is 0 Å². The summed E-state index contributed by atoms with van der Waals surface area (Å²) in [5.74, 6) is -0.617. The second-order valence-electron chi connectivity index (χ2n) is 5.14. The molecule has 3 aromatic rings. The summed E-state index contributed by atoms with van der Waals surface area (Å²) in [5.41, 5.74) is 3.60. The molecule has 2 heterocycles. The monoisotopic (exact) mass is 314 g/mol. The Balaban J connectivity index is 2.74. The van der Waals surface area contributed by atoms with Crippen molar-refractivity contribution in [1.82, 2.24) is 13.7 Å². The highest BCUT2D eigenvalue weighted by Crippen LogP contribution is 2.25. The van der Waals surface area contributed by atoms with Gasteiger partial charge in [-0.2, -0.15) is 0 Å². The maximum atomic E-state index is 12.5. The fourth-order valence-corrected chi connectivity index (χ4v) is 2.57. The van der Waals surface area contributed by atoms with E-state index in [9.17, 15) is 19.5 Å². The van der Waals surface area contributed by atoms with Gasteiger partial charge in [0.05, 0.1) is 5.69 Å². The number of anilines is 1. The first-order chi connectivity index (χ1) is 10.9. The number of aromatic hydroxyl groups is 1. The van der Waals surface area contributed by atoms with E-state index in [2.05, 4.69) is 0 Å². The lowest BCUT2D eigenvalue weighted by molar-refractivity contribution is 0.480. The van der Waals surface area contributed by atoms with Crippen LogP contribution in [0.3, 0.4) is 0 Å². The highest BCUT2D eigenvalue weighted by Gasteiger charge is 2.21. The number of aryl methyl sites for hydroxylation is 1. The van der Waals surface area contributed by atoms with Crippen molar-refractivity contribution in [3.05, 3.63) is 61.5 Å². The number of nitrogen functional groups attached to an aromatic ring is 1. The van der Waals surface area contributed by atoms with Gasteiger partial charge < -0.3 is 10.8 Å². The van der Waals surface area contributed by atoms with Gasteiger partial charge in [-0.05, 0) is 12.1 Å². The van der Waals surface area contributed by atoms with Crippen LogP contribution in [0.25, 0.3) is 16.7 Å². The highest BCUT2D eigenvalue weighted by molar-refractivity contribution is 5.87. The first-order valence-electron chi connectivity index (χ1n) is 6.75. The molecule has 0 saturated heterocycles. The summed E-state index contributed by atoms with van der Waals surface area (Å²) < 4.78 is 3.12. The van der Waals surface area contributed by atoms with Crippen LogP contribution in [0.5, 0.6) is 5.75 Å². The van der Waals surface area contributed by atoms with Gasteiger partial charge in [0.2, 0.25) is 0 Å². The molecule has 0 unspecified atom stereocenters. The minimum Gasteiger partial charge on any atom is -0.505 e. The lowest BCUT2D eigenvalue weighted by Gasteiger charge is -2.16. The third-order valence-corrected chi connectivity index (χ3v) is 3.79. The number of nitrogens with two attached hydrogens (primary N) is 1. The zero-order valence-corrected chi connectivity index (χ0v) is 12.5. The summed E-state index contributed by atoms with van der Waals surface area (Å²) in [6, 6.07) is 8.45. The molecule has 0 aliphatic heterocycles. The van der Waals surface area contributed by atoms with Gasteiger partial charge >= 0.3 is 5.69 Å². The van der Waals surface area contributed by atoms with Crippen LogP contribution in [0.15, 0.2) is 44.7 Å². The van der Waals surface area contributed by atoms with Gasteiger partial charge in [0.15, 0.2) is 5.75 Å². The number of rotatable bonds is 1. The van der Waals surface area contributed by atoms with Gasteiger partial charge in [0, 0.05) is 14.1 Å². The molecule has 3 N–H and O–H groups in total. The van der Waals surface area contributed by atoms with Crippen LogP contribution in [-0.2, 0) is 14.1 Å². The lowest BCUT2D eigenvalue weighted by Crippen LogP contribution is -2.40. The van der Waals surface area contributed by atoms with Crippen molar-refractivity contribution in [3.63, 3.8) is 0 Å². The first-order valence-corrected chi connectivity index (χ1v) is 6.75. The van der Waals surface area contributed by atoms with Crippen LogP contribution < -0.4 is 22.5 Å². The number of para-hydroxylation sites is 1. The largest absolute Gasteiger partial charge is 0.505 e. The normalized spacial score (nSPS) is 11.0. The zero-order chi connectivity index (χ0) is 16.9. The van der Waals surface area contributed by atoms with Crippen LogP contribution >= 0.6 is 0 Å². The number of hydrogen-bond donors (Lipinski definition) is 2. The number of nitrogens with zero attached hydrogens (tertiary/aromatic N) is 3. The summed E-state index contributed by atoms with van der Waals surface area (Å²) in [5, 5.41) is 9.98. The van der Waals surface area contributed by atoms with Gasteiger partial charge in [-0.1, -0.05) is 18.2 Å². The van der Waals surface area contributed by atoms with Gasteiger partial charge in [-0.15, -0.1) is 0 Å². The first kappa shape index (κ1) is 14.6. The Hall–Kier alpha value is -3.29. The molecular formula is C15H14N4O4. The standard InChI is InChI=1S/C15H14N4O4/c1-17-12-9(13(21)18(2)15(17)23)11(20)10(16)14(22)19(12)8-6-4-3-5-7-8/h3-7,20H,16H2,1-2H3. The van der Waals surface area contributed by atoms with Crippen LogP contribution in [-0.4, -0.2) is 18.8 Å². The van der Waals surface area contributed by atoms with Crippen LogP contribution in [0.4, 0.5) is 5.69 Å². The SMILES string of the molecule is Cn1c(=O)c2c(O)c(N)c(=O)n(-c3ccccc3)c2n(C)c1=O. The van der Waals surface area contributed by atoms with E-state index in [4.69, 9.17) is 5.73 Å². The van der Waals surface area contributed by atoms with Crippen molar-refractivity contribution in [2.75, 3.05) is 5.73 Å². The summed E-state index contributed by atoms with van der Waals surface area (Å²) in [6.07, 6.45) is 0. The lowest BCUT2D eigenvalue weighted by atomic mass is 10.2. The van der Waals surface area contributed by atoms with Crippen LogP contribution in [0.2, 0.25) is 0 Å². The molecule has 0 amide bonds. The van der Waals surface area contributed by atoms with Gasteiger partial charge in [0.1, 0.15) is 16.7 Å². The minimum atomic E-state index is -0.725. The number of pyridine rings is 1. The molecule has 1 aromatic carbocycles. The topological polar surface area (TPSA) is 112 Å². The van der Waals surface area contributed by atoms with E-state index in [0.717, 1.165) is 13.7 Å². The molecule has 0 spiro atoms. The quantitative estimate of drug-likeness (QED) is 0.639. The molecule has 2 aromatic heterocycles. The zero-order valence-electron chi connectivity index (χ0n) is 12.5. The highest BCUT2D eigenvalue weighted by atomic mass is 16.3. The van der Waals surface area contributed by atoms with E-state index in [0.29, 0.717) is 5.69 Å². The third kappa shape index (κ3) is 1.88. The number of hydrogen-bond acceptors (Lipinski definition) is 5. The Morgan fingerprint density at radius 2 is 1.57 bits per heavy atom. The van der Waals surface area contributed by atoms with Crippen molar-refractivity contribution in [3.8, 4) is 11.4 Å². The second-order valence-corrected chi connectivity index (χ2v) is 5.14. The van der Waals surface area contributed by atoms with E-state index in [1.807, 2.05) is 0 Å². The molecule has 0 atom stereocenters. The van der Waals surface area contributed by atoms with Crippen molar-refractivity contribution in [1.29, 1.82) is 0 Å². The summed E-state index contributed by atoms with van der Waals surface area (Å²) in [4.78, 5) is 37.1. The molecule has 8 nitrogen and oxygen atoms in total. The van der Waals surface area contributed by atoms with Crippen molar-refractivity contribution in [2.24, 2.45) is 14.1 Å². The molecule has 23 heavy (non-hydrogen) atoms. The van der Waals surface area contributed by atoms with Crippen molar-refractivity contribution >= 4 is 16.7 Å². The predicted molar refractivity (Wildman–Crippen MR) is 86.1 cm³/mol.